The molecule has 0 aliphatic rings. The van der Waals surface area contributed by atoms with Gasteiger partial charge < -0.3 is 9.64 Å². The normalized spacial score (nSPS) is 8.64. The third-order valence-corrected chi connectivity index (χ3v) is 0.978. The molecule has 0 rings (SSSR count). The van der Waals surface area contributed by atoms with Crippen molar-refractivity contribution in [2.75, 3.05) is 14.1 Å². The number of amidine groups is 1. The molecule has 0 atom stereocenters. The molecule has 4 nitrogen and oxygen atoms in total. The van der Waals surface area contributed by atoms with Gasteiger partial charge in [0.1, 0.15) is 0 Å². The Morgan fingerprint density at radius 1 is 1.55 bits per heavy atom. The number of esters is 1. The van der Waals surface area contributed by atoms with Crippen molar-refractivity contribution >= 4 is 11.8 Å². The van der Waals surface area contributed by atoms with Crippen LogP contribution < -0.4 is 0 Å². The zero-order valence-corrected chi connectivity index (χ0v) is 6.97. The highest BCUT2D eigenvalue weighted by atomic mass is 16.5. The maximum absolute atomic E-state index is 10.4. The van der Waals surface area contributed by atoms with Crippen molar-refractivity contribution in [2.45, 2.75) is 6.92 Å². The number of hydrogen-bond acceptors (Lipinski definition) is 3. The first-order valence-corrected chi connectivity index (χ1v) is 3.08. The predicted molar refractivity (Wildman–Crippen MR) is 42.3 cm³/mol. The van der Waals surface area contributed by atoms with Crippen molar-refractivity contribution in [3.8, 4) is 0 Å². The zero-order valence-electron chi connectivity index (χ0n) is 6.97. The van der Waals surface area contributed by atoms with Crippen LogP contribution in [0.5, 0.6) is 0 Å². The van der Waals surface area contributed by atoms with Crippen LogP contribution in [0.4, 0.5) is 0 Å². The highest BCUT2D eigenvalue weighted by Crippen LogP contribution is 1.97. The van der Waals surface area contributed by atoms with Gasteiger partial charge in [0.2, 0.25) is 0 Å². The molecule has 0 aromatic carbocycles. The van der Waals surface area contributed by atoms with Gasteiger partial charge in [-0.2, -0.15) is 0 Å². The summed E-state index contributed by atoms with van der Waals surface area (Å²) in [6.07, 6.45) is 0. The molecule has 0 radical (unpaired) electrons. The second-order valence-corrected chi connectivity index (χ2v) is 2.26. The summed E-state index contributed by atoms with van der Waals surface area (Å²) < 4.78 is 4.57. The molecule has 0 aromatic heterocycles. The van der Waals surface area contributed by atoms with Gasteiger partial charge in [-0.15, -0.1) is 0 Å². The molecule has 0 spiro atoms. The summed E-state index contributed by atoms with van der Waals surface area (Å²) >= 11 is 0. The number of likely N-dealkylation sites (N-methyl/N-ethyl adjacent to an activating group) is 1. The fourth-order valence-electron chi connectivity index (χ4n) is 0.471. The van der Waals surface area contributed by atoms with Crippen molar-refractivity contribution < 1.29 is 9.53 Å². The third-order valence-electron chi connectivity index (χ3n) is 0.978. The van der Waals surface area contributed by atoms with Crippen molar-refractivity contribution in [2.24, 2.45) is 0 Å². The molecule has 0 aromatic rings. The van der Waals surface area contributed by atoms with E-state index in [1.807, 2.05) is 0 Å². The van der Waals surface area contributed by atoms with E-state index in [1.54, 1.807) is 14.1 Å². The Bertz CT molecular complexity index is 197. The van der Waals surface area contributed by atoms with E-state index in [0.29, 0.717) is 0 Å². The average molecular weight is 156 g/mol. The minimum Gasteiger partial charge on any atom is -0.423 e. The third kappa shape index (κ3) is 3.40. The topological polar surface area (TPSA) is 53.4 Å². The summed E-state index contributed by atoms with van der Waals surface area (Å²) in [5.41, 5.74) is 0. The van der Waals surface area contributed by atoms with Gasteiger partial charge in [-0.3, -0.25) is 10.2 Å². The molecule has 0 heterocycles. The summed E-state index contributed by atoms with van der Waals surface area (Å²) in [4.78, 5) is 11.9. The number of nitrogens with zero attached hydrogens (tertiary/aromatic N) is 1. The van der Waals surface area contributed by atoms with E-state index in [9.17, 15) is 4.79 Å². The van der Waals surface area contributed by atoms with Gasteiger partial charge in [-0.1, -0.05) is 6.58 Å². The molecule has 0 saturated carbocycles. The van der Waals surface area contributed by atoms with E-state index < -0.39 is 5.97 Å². The second-order valence-electron chi connectivity index (χ2n) is 2.26. The summed E-state index contributed by atoms with van der Waals surface area (Å²) in [7, 11) is 3.36. The summed E-state index contributed by atoms with van der Waals surface area (Å²) in [6, 6.07) is 0. The quantitative estimate of drug-likeness (QED) is 0.276. The lowest BCUT2D eigenvalue weighted by Gasteiger charge is -2.14. The standard InChI is InChI=1S/C7H12N2O2/c1-5(11-6(2)10)7(8)9(3)4/h8H,1H2,2-4H3. The molecule has 0 aliphatic heterocycles. The SMILES string of the molecule is C=C(OC(C)=O)C(=N)N(C)C. The van der Waals surface area contributed by atoms with E-state index in [-0.39, 0.29) is 11.6 Å². The van der Waals surface area contributed by atoms with Crippen LogP contribution >= 0.6 is 0 Å². The molecule has 0 unspecified atom stereocenters. The number of carbonyl (C=O) groups excluding carboxylic acids is 1. The molecule has 4 heteroatoms. The molecule has 0 fully saturated rings. The van der Waals surface area contributed by atoms with Gasteiger partial charge >= 0.3 is 5.97 Å². The molecule has 0 amide bonds. The minimum absolute atomic E-state index is 0.0718. The smallest absolute Gasteiger partial charge is 0.308 e. The summed E-state index contributed by atoms with van der Waals surface area (Å²) in [5, 5.41) is 7.29. The van der Waals surface area contributed by atoms with Crippen LogP contribution in [0.15, 0.2) is 12.3 Å². The van der Waals surface area contributed by atoms with Crippen molar-refractivity contribution in [1.82, 2.24) is 4.90 Å². The van der Waals surface area contributed by atoms with Crippen molar-refractivity contribution in [3.63, 3.8) is 0 Å². The second kappa shape index (κ2) is 3.75. The zero-order chi connectivity index (χ0) is 9.02. The maximum atomic E-state index is 10.4. The fraction of sp³-hybridized carbons (Fsp3) is 0.429. The number of hydrogen-bond donors (Lipinski definition) is 1. The van der Waals surface area contributed by atoms with Crippen molar-refractivity contribution in [3.05, 3.63) is 12.3 Å². The van der Waals surface area contributed by atoms with Gasteiger partial charge in [0.15, 0.2) is 11.6 Å². The molecule has 0 saturated heterocycles. The first-order chi connectivity index (χ1) is 4.95. The lowest BCUT2D eigenvalue weighted by molar-refractivity contribution is -0.136. The Labute approximate surface area is 66.0 Å². The molecule has 0 bridgehead atoms. The van der Waals surface area contributed by atoms with Gasteiger partial charge in [0, 0.05) is 21.0 Å². The van der Waals surface area contributed by atoms with Gasteiger partial charge in [0.05, 0.1) is 0 Å². The highest BCUT2D eigenvalue weighted by Gasteiger charge is 2.07. The van der Waals surface area contributed by atoms with Crippen LogP contribution in [0.3, 0.4) is 0 Å². The average Bonchev–Trinajstić information content (AvgIpc) is 1.84. The minimum atomic E-state index is -0.457. The van der Waals surface area contributed by atoms with Crippen LogP contribution in [0.25, 0.3) is 0 Å². The molecule has 1 N–H and O–H groups in total. The van der Waals surface area contributed by atoms with Crippen LogP contribution in [-0.2, 0) is 9.53 Å². The van der Waals surface area contributed by atoms with Crippen LogP contribution in [0.1, 0.15) is 6.92 Å². The predicted octanol–water partition coefficient (Wildman–Crippen LogP) is 0.602. The first kappa shape index (κ1) is 9.68. The molecular weight excluding hydrogens is 144 g/mol. The van der Waals surface area contributed by atoms with E-state index in [2.05, 4.69) is 11.3 Å². The molecule has 11 heavy (non-hydrogen) atoms. The molecule has 62 valence electrons. The van der Waals surface area contributed by atoms with E-state index in [1.165, 1.54) is 11.8 Å². The Kier molecular flexibility index (Phi) is 3.30. The fourth-order valence-corrected chi connectivity index (χ4v) is 0.471. The van der Waals surface area contributed by atoms with E-state index in [0.717, 1.165) is 0 Å². The van der Waals surface area contributed by atoms with E-state index >= 15 is 0 Å². The van der Waals surface area contributed by atoms with Crippen molar-refractivity contribution in [1.29, 1.82) is 5.41 Å². The Balaban J connectivity index is 4.05. The lowest BCUT2D eigenvalue weighted by atomic mass is 10.4. The number of carbonyl (C=O) groups is 1. The number of ether oxygens (including phenoxy) is 1. The van der Waals surface area contributed by atoms with Crippen LogP contribution in [0, 0.1) is 5.41 Å². The Morgan fingerprint density at radius 3 is 2.27 bits per heavy atom. The van der Waals surface area contributed by atoms with E-state index in [4.69, 9.17) is 5.41 Å². The molecule has 0 aliphatic carbocycles. The van der Waals surface area contributed by atoms with Crippen LogP contribution in [-0.4, -0.2) is 30.8 Å². The van der Waals surface area contributed by atoms with Gasteiger partial charge in [-0.25, -0.2) is 0 Å². The Hall–Kier alpha value is -1.32. The monoisotopic (exact) mass is 156 g/mol. The molecular formula is C7H12N2O2. The Morgan fingerprint density at radius 2 is 2.00 bits per heavy atom. The number of rotatable bonds is 2. The maximum Gasteiger partial charge on any atom is 0.308 e. The van der Waals surface area contributed by atoms with Crippen LogP contribution in [0.2, 0.25) is 0 Å². The highest BCUT2D eigenvalue weighted by molar-refractivity contribution is 5.94. The first-order valence-electron chi connectivity index (χ1n) is 3.08. The lowest BCUT2D eigenvalue weighted by Crippen LogP contribution is -2.24. The summed E-state index contributed by atoms with van der Waals surface area (Å²) in [6.45, 7) is 4.68. The summed E-state index contributed by atoms with van der Waals surface area (Å²) in [5.74, 6) is -0.288. The van der Waals surface area contributed by atoms with Gasteiger partial charge in [0.25, 0.3) is 0 Å². The largest absolute Gasteiger partial charge is 0.423 e. The van der Waals surface area contributed by atoms with Gasteiger partial charge in [-0.05, 0) is 0 Å². The number of nitrogens with one attached hydrogen (secondary N) is 1.